The molecular weight excluding hydrogens is 356 g/mol. The van der Waals surface area contributed by atoms with E-state index in [-0.39, 0.29) is 0 Å². The van der Waals surface area contributed by atoms with E-state index in [9.17, 15) is 0 Å². The fourth-order valence-electron chi connectivity index (χ4n) is 4.07. The van der Waals surface area contributed by atoms with Crippen molar-refractivity contribution in [3.63, 3.8) is 0 Å². The number of fused-ring (bicyclic) bond motifs is 1. The van der Waals surface area contributed by atoms with Gasteiger partial charge in [0.05, 0.1) is 11.2 Å². The summed E-state index contributed by atoms with van der Waals surface area (Å²) in [5.41, 5.74) is 10.4. The van der Waals surface area contributed by atoms with Gasteiger partial charge < -0.3 is 4.84 Å². The molecule has 0 aliphatic carbocycles. The zero-order valence-electron chi connectivity index (χ0n) is 18.8. The highest BCUT2D eigenvalue weighted by atomic mass is 16.6. The topological polar surface area (TPSA) is 34.5 Å². The number of aromatic nitrogens is 1. The van der Waals surface area contributed by atoms with Crippen molar-refractivity contribution in [1.29, 1.82) is 0 Å². The second-order valence-electron chi connectivity index (χ2n) is 8.32. The van der Waals surface area contributed by atoms with Crippen molar-refractivity contribution in [2.75, 3.05) is 6.61 Å². The molecule has 0 atom stereocenters. The molecule has 0 aliphatic rings. The average Bonchev–Trinajstić information content (AvgIpc) is 2.65. The standard InChI is InChI=1S/C26H32N2O/c1-8-22(28-29-15-16(2)3)26-21-11-9-10-12-23(21)27-20(7)25(26)24-18(5)13-17(4)14-19(24)6/h9-14,16H,8,15H2,1-7H3. The van der Waals surface area contributed by atoms with Gasteiger partial charge in [0.15, 0.2) is 0 Å². The van der Waals surface area contributed by atoms with Crippen LogP contribution in [0.1, 0.15) is 55.1 Å². The molecule has 1 aromatic heterocycles. The Morgan fingerprint density at radius 3 is 2.28 bits per heavy atom. The van der Waals surface area contributed by atoms with Crippen LogP contribution in [0.25, 0.3) is 22.0 Å². The lowest BCUT2D eigenvalue weighted by Gasteiger charge is -2.20. The average molecular weight is 389 g/mol. The summed E-state index contributed by atoms with van der Waals surface area (Å²) in [6.07, 6.45) is 0.794. The van der Waals surface area contributed by atoms with Crippen molar-refractivity contribution in [2.24, 2.45) is 11.1 Å². The van der Waals surface area contributed by atoms with Crippen LogP contribution in [0, 0.1) is 33.6 Å². The van der Waals surface area contributed by atoms with Gasteiger partial charge in [-0.3, -0.25) is 4.98 Å². The number of rotatable bonds is 6. The lowest BCUT2D eigenvalue weighted by Crippen LogP contribution is -2.09. The third-order valence-corrected chi connectivity index (χ3v) is 5.21. The molecule has 3 nitrogen and oxygen atoms in total. The maximum absolute atomic E-state index is 5.73. The van der Waals surface area contributed by atoms with Gasteiger partial charge in [-0.05, 0) is 62.8 Å². The molecule has 3 aromatic rings. The van der Waals surface area contributed by atoms with Crippen molar-refractivity contribution >= 4 is 16.6 Å². The quantitative estimate of drug-likeness (QED) is 0.339. The number of para-hydroxylation sites is 1. The molecule has 3 heteroatoms. The predicted molar refractivity (Wildman–Crippen MR) is 124 cm³/mol. The highest BCUT2D eigenvalue weighted by Gasteiger charge is 2.21. The number of pyridine rings is 1. The van der Waals surface area contributed by atoms with Gasteiger partial charge in [0.2, 0.25) is 0 Å². The molecule has 0 bridgehead atoms. The Kier molecular flexibility index (Phi) is 6.36. The molecule has 0 saturated carbocycles. The fraction of sp³-hybridized carbons (Fsp3) is 0.385. The lowest BCUT2D eigenvalue weighted by atomic mass is 9.86. The molecule has 0 fully saturated rings. The smallest absolute Gasteiger partial charge is 0.119 e. The summed E-state index contributed by atoms with van der Waals surface area (Å²) in [5, 5.41) is 5.72. The summed E-state index contributed by atoms with van der Waals surface area (Å²) < 4.78 is 0. The minimum absolute atomic E-state index is 0.439. The molecule has 0 unspecified atom stereocenters. The van der Waals surface area contributed by atoms with Crippen molar-refractivity contribution in [1.82, 2.24) is 4.98 Å². The highest BCUT2D eigenvalue weighted by molar-refractivity contribution is 6.15. The first kappa shape index (κ1) is 21.0. The van der Waals surface area contributed by atoms with Gasteiger partial charge in [-0.1, -0.05) is 61.8 Å². The number of nitrogens with zero attached hydrogens (tertiary/aromatic N) is 2. The molecule has 0 radical (unpaired) electrons. The second kappa shape index (κ2) is 8.77. The Morgan fingerprint density at radius 1 is 1.00 bits per heavy atom. The van der Waals surface area contributed by atoms with Gasteiger partial charge in [-0.15, -0.1) is 0 Å². The maximum Gasteiger partial charge on any atom is 0.119 e. The normalized spacial score (nSPS) is 12.1. The predicted octanol–water partition coefficient (Wildman–Crippen LogP) is 6.92. The summed E-state index contributed by atoms with van der Waals surface area (Å²) >= 11 is 0. The number of hydrogen-bond donors (Lipinski definition) is 0. The van der Waals surface area contributed by atoms with E-state index in [1.165, 1.54) is 27.8 Å². The number of oxime groups is 1. The van der Waals surface area contributed by atoms with Crippen molar-refractivity contribution in [3.8, 4) is 11.1 Å². The number of hydrogen-bond acceptors (Lipinski definition) is 3. The molecule has 2 aromatic carbocycles. The van der Waals surface area contributed by atoms with E-state index >= 15 is 0 Å². The van der Waals surface area contributed by atoms with E-state index in [1.54, 1.807) is 0 Å². The molecule has 152 valence electrons. The molecule has 0 spiro atoms. The van der Waals surface area contributed by atoms with Gasteiger partial charge in [0, 0.05) is 22.2 Å². The van der Waals surface area contributed by atoms with Crippen molar-refractivity contribution < 1.29 is 4.84 Å². The Bertz CT molecular complexity index is 1040. The molecule has 0 N–H and O–H groups in total. The Balaban J connectivity index is 2.36. The van der Waals surface area contributed by atoms with Crippen LogP contribution >= 0.6 is 0 Å². The van der Waals surface area contributed by atoms with Crippen LogP contribution in [0.4, 0.5) is 0 Å². The first-order chi connectivity index (χ1) is 13.8. The largest absolute Gasteiger partial charge is 0.395 e. The van der Waals surface area contributed by atoms with Crippen molar-refractivity contribution in [3.05, 3.63) is 64.3 Å². The number of benzene rings is 2. The van der Waals surface area contributed by atoms with Crippen molar-refractivity contribution in [2.45, 2.75) is 54.9 Å². The van der Waals surface area contributed by atoms with Gasteiger partial charge in [0.1, 0.15) is 6.61 Å². The van der Waals surface area contributed by atoms with Gasteiger partial charge in [-0.25, -0.2) is 0 Å². The van der Waals surface area contributed by atoms with Gasteiger partial charge in [0.25, 0.3) is 0 Å². The Labute approximate surface area is 174 Å². The zero-order valence-corrected chi connectivity index (χ0v) is 18.8. The molecule has 29 heavy (non-hydrogen) atoms. The van der Waals surface area contributed by atoms with Crippen LogP contribution in [0.5, 0.6) is 0 Å². The van der Waals surface area contributed by atoms with Crippen LogP contribution < -0.4 is 0 Å². The SMILES string of the molecule is CCC(=NOCC(C)C)c1c(-c2c(C)cc(C)cc2C)c(C)nc2ccccc12. The molecule has 3 rings (SSSR count). The zero-order chi connectivity index (χ0) is 21.1. The van der Waals surface area contributed by atoms with E-state index in [4.69, 9.17) is 9.82 Å². The van der Waals surface area contributed by atoms with Crippen LogP contribution in [-0.4, -0.2) is 17.3 Å². The molecular formula is C26H32N2O. The summed E-state index contributed by atoms with van der Waals surface area (Å²) in [7, 11) is 0. The Hall–Kier alpha value is -2.68. The maximum atomic E-state index is 5.73. The third kappa shape index (κ3) is 4.34. The first-order valence-electron chi connectivity index (χ1n) is 10.5. The Morgan fingerprint density at radius 2 is 1.66 bits per heavy atom. The summed E-state index contributed by atoms with van der Waals surface area (Å²) in [6, 6.07) is 12.8. The molecule has 0 aliphatic heterocycles. The summed E-state index contributed by atoms with van der Waals surface area (Å²) in [5.74, 6) is 0.439. The molecule has 1 heterocycles. The monoisotopic (exact) mass is 388 g/mol. The summed E-state index contributed by atoms with van der Waals surface area (Å²) in [6.45, 7) is 15.7. The fourth-order valence-corrected chi connectivity index (χ4v) is 4.07. The van der Waals surface area contributed by atoms with Crippen LogP contribution in [0.3, 0.4) is 0 Å². The van der Waals surface area contributed by atoms with Gasteiger partial charge >= 0.3 is 0 Å². The minimum atomic E-state index is 0.439. The minimum Gasteiger partial charge on any atom is -0.395 e. The van der Waals surface area contributed by atoms with Crippen LogP contribution in [-0.2, 0) is 4.84 Å². The van der Waals surface area contributed by atoms with E-state index in [2.05, 4.69) is 84.0 Å². The van der Waals surface area contributed by atoms with E-state index in [1.807, 2.05) is 6.07 Å². The van der Waals surface area contributed by atoms with E-state index in [0.29, 0.717) is 12.5 Å². The third-order valence-electron chi connectivity index (χ3n) is 5.21. The molecule has 0 saturated heterocycles. The molecule has 0 amide bonds. The lowest BCUT2D eigenvalue weighted by molar-refractivity contribution is 0.118. The number of aryl methyl sites for hydroxylation is 4. The van der Waals surface area contributed by atoms with Gasteiger partial charge in [-0.2, -0.15) is 0 Å². The second-order valence-corrected chi connectivity index (χ2v) is 8.32. The highest BCUT2D eigenvalue weighted by Crippen LogP contribution is 2.37. The van der Waals surface area contributed by atoms with E-state index < -0.39 is 0 Å². The van der Waals surface area contributed by atoms with Crippen LogP contribution in [0.15, 0.2) is 41.6 Å². The first-order valence-corrected chi connectivity index (χ1v) is 10.5. The summed E-state index contributed by atoms with van der Waals surface area (Å²) in [4.78, 5) is 10.7. The van der Waals surface area contributed by atoms with E-state index in [0.717, 1.165) is 34.3 Å². The van der Waals surface area contributed by atoms with Crippen LogP contribution in [0.2, 0.25) is 0 Å².